The van der Waals surface area contributed by atoms with Gasteiger partial charge in [-0.3, -0.25) is 14.8 Å². The van der Waals surface area contributed by atoms with Crippen molar-refractivity contribution in [1.82, 2.24) is 10.8 Å². The first-order valence-corrected chi connectivity index (χ1v) is 7.69. The number of hydrogen-bond acceptors (Lipinski definition) is 4. The van der Waals surface area contributed by atoms with Crippen LogP contribution in [0.2, 0.25) is 0 Å². The smallest absolute Gasteiger partial charge is 0.274 e. The highest BCUT2D eigenvalue weighted by molar-refractivity contribution is 5.93. The number of rotatable bonds is 3. The van der Waals surface area contributed by atoms with Gasteiger partial charge in [-0.25, -0.2) is 5.48 Å². The van der Waals surface area contributed by atoms with E-state index in [9.17, 15) is 9.59 Å². The predicted octanol–water partition coefficient (Wildman–Crippen LogP) is 1.97. The number of aryl methyl sites for hydroxylation is 1. The largest absolute Gasteiger partial charge is 0.375 e. The lowest BCUT2D eigenvalue weighted by Crippen LogP contribution is -2.46. The molecule has 2 unspecified atom stereocenters. The van der Waals surface area contributed by atoms with Crippen LogP contribution in [0.4, 0.5) is 0 Å². The first-order chi connectivity index (χ1) is 10.8. The summed E-state index contributed by atoms with van der Waals surface area (Å²) in [6.45, 7) is 5.63. The van der Waals surface area contributed by atoms with E-state index in [-0.39, 0.29) is 18.1 Å². The molecule has 0 saturated carbocycles. The van der Waals surface area contributed by atoms with Crippen molar-refractivity contribution in [3.63, 3.8) is 0 Å². The summed E-state index contributed by atoms with van der Waals surface area (Å²) >= 11 is 0. The van der Waals surface area contributed by atoms with E-state index in [1.807, 2.05) is 26.8 Å². The van der Waals surface area contributed by atoms with Crippen LogP contribution in [0.3, 0.4) is 0 Å². The monoisotopic (exact) mass is 320 g/mol. The molecule has 1 aromatic rings. The summed E-state index contributed by atoms with van der Waals surface area (Å²) in [5.74, 6) is -0.547. The van der Waals surface area contributed by atoms with E-state index in [1.165, 1.54) is 0 Å². The minimum absolute atomic E-state index is 0.00993. The number of carbonyl (C=O) groups is 2. The van der Waals surface area contributed by atoms with E-state index < -0.39 is 11.3 Å². The van der Waals surface area contributed by atoms with Gasteiger partial charge < -0.3 is 10.1 Å². The van der Waals surface area contributed by atoms with Gasteiger partial charge in [0.1, 0.15) is 6.10 Å². The molecular weight excluding hydrogens is 296 g/mol. The number of ether oxygens (including phenoxy) is 1. The molecule has 1 aromatic carbocycles. The molecule has 0 aliphatic heterocycles. The maximum absolute atomic E-state index is 12.2. The minimum Gasteiger partial charge on any atom is -0.375 e. The number of benzene rings is 1. The normalized spacial score (nSPS) is 20.6. The Morgan fingerprint density at radius 1 is 1.30 bits per heavy atom. The number of fused-ring (bicyclic) bond motifs is 1. The average molecular weight is 320 g/mol. The number of methoxy groups -OCH3 is 1. The van der Waals surface area contributed by atoms with E-state index >= 15 is 0 Å². The first-order valence-electron chi connectivity index (χ1n) is 7.69. The fourth-order valence-corrected chi connectivity index (χ4v) is 2.81. The summed E-state index contributed by atoms with van der Waals surface area (Å²) in [4.78, 5) is 23.8. The first kappa shape index (κ1) is 17.4. The SMILES string of the molecule is COC1c2ccc(C(=O)NO)cc2CCC1NC(=O)C(C)(C)C. The third-order valence-corrected chi connectivity index (χ3v) is 4.15. The van der Waals surface area contributed by atoms with Crippen LogP contribution in [0.25, 0.3) is 0 Å². The molecule has 6 nitrogen and oxygen atoms in total. The molecule has 0 heterocycles. The van der Waals surface area contributed by atoms with Gasteiger partial charge in [0.05, 0.1) is 6.04 Å². The molecule has 23 heavy (non-hydrogen) atoms. The third kappa shape index (κ3) is 3.71. The van der Waals surface area contributed by atoms with Crippen molar-refractivity contribution in [2.24, 2.45) is 5.41 Å². The van der Waals surface area contributed by atoms with Crippen molar-refractivity contribution in [1.29, 1.82) is 0 Å². The number of carbonyl (C=O) groups excluding carboxylic acids is 2. The van der Waals surface area contributed by atoms with Crippen LogP contribution in [-0.2, 0) is 16.0 Å². The van der Waals surface area contributed by atoms with Crippen molar-refractivity contribution in [2.75, 3.05) is 7.11 Å². The van der Waals surface area contributed by atoms with Crippen molar-refractivity contribution in [3.8, 4) is 0 Å². The van der Waals surface area contributed by atoms with Gasteiger partial charge in [-0.2, -0.15) is 0 Å². The molecule has 2 rings (SSSR count). The van der Waals surface area contributed by atoms with Gasteiger partial charge in [-0.15, -0.1) is 0 Å². The van der Waals surface area contributed by atoms with Crippen LogP contribution in [-0.4, -0.2) is 30.2 Å². The molecule has 1 aliphatic rings. The Morgan fingerprint density at radius 2 is 2.00 bits per heavy atom. The van der Waals surface area contributed by atoms with E-state index in [4.69, 9.17) is 9.94 Å². The minimum atomic E-state index is -0.537. The zero-order chi connectivity index (χ0) is 17.2. The van der Waals surface area contributed by atoms with Gasteiger partial charge >= 0.3 is 0 Å². The summed E-state index contributed by atoms with van der Waals surface area (Å²) in [5.41, 5.74) is 3.55. The topological polar surface area (TPSA) is 87.7 Å². The van der Waals surface area contributed by atoms with Crippen LogP contribution < -0.4 is 10.8 Å². The van der Waals surface area contributed by atoms with Gasteiger partial charge in [0.25, 0.3) is 5.91 Å². The molecule has 6 heteroatoms. The van der Waals surface area contributed by atoms with Gasteiger partial charge in [0.15, 0.2) is 0 Å². The summed E-state index contributed by atoms with van der Waals surface area (Å²) in [5, 5.41) is 11.8. The van der Waals surface area contributed by atoms with Crippen molar-refractivity contribution >= 4 is 11.8 Å². The van der Waals surface area contributed by atoms with E-state index in [2.05, 4.69) is 5.32 Å². The van der Waals surface area contributed by atoms with Crippen LogP contribution in [0.15, 0.2) is 18.2 Å². The maximum atomic E-state index is 12.2. The number of hydroxylamine groups is 1. The number of hydrogen-bond donors (Lipinski definition) is 3. The predicted molar refractivity (Wildman–Crippen MR) is 85.2 cm³/mol. The molecule has 0 bridgehead atoms. The second-order valence-electron chi connectivity index (χ2n) is 6.88. The standard InChI is InChI=1S/C17H24N2O4/c1-17(2,3)16(21)18-13-8-6-10-9-11(15(20)19-22)5-7-12(10)14(13)23-4/h5,7,9,13-14,22H,6,8H2,1-4H3,(H,18,21)(H,19,20). The van der Waals surface area contributed by atoms with Crippen molar-refractivity contribution < 1.29 is 19.5 Å². The fraction of sp³-hybridized carbons (Fsp3) is 0.529. The Kier molecular flexibility index (Phi) is 5.06. The Balaban J connectivity index is 2.25. The molecule has 2 atom stereocenters. The molecule has 0 radical (unpaired) electrons. The van der Waals surface area contributed by atoms with Crippen LogP contribution in [0, 0.1) is 5.41 Å². The van der Waals surface area contributed by atoms with Crippen LogP contribution >= 0.6 is 0 Å². The Bertz CT molecular complexity index is 607. The molecule has 0 fully saturated rings. The van der Waals surface area contributed by atoms with Crippen molar-refractivity contribution in [2.45, 2.75) is 45.8 Å². The fourth-order valence-electron chi connectivity index (χ4n) is 2.81. The second-order valence-corrected chi connectivity index (χ2v) is 6.88. The maximum Gasteiger partial charge on any atom is 0.274 e. The van der Waals surface area contributed by atoms with E-state index in [0.717, 1.165) is 24.0 Å². The van der Waals surface area contributed by atoms with Gasteiger partial charge in [0.2, 0.25) is 5.91 Å². The zero-order valence-corrected chi connectivity index (χ0v) is 14.0. The van der Waals surface area contributed by atoms with Crippen molar-refractivity contribution in [3.05, 3.63) is 34.9 Å². The summed E-state index contributed by atoms with van der Waals surface area (Å²) < 4.78 is 5.61. The lowest BCUT2D eigenvalue weighted by Gasteiger charge is -2.35. The molecule has 2 amide bonds. The highest BCUT2D eigenvalue weighted by Gasteiger charge is 2.33. The number of nitrogens with one attached hydrogen (secondary N) is 2. The second kappa shape index (κ2) is 6.68. The average Bonchev–Trinajstić information content (AvgIpc) is 2.52. The van der Waals surface area contributed by atoms with E-state index in [0.29, 0.717) is 5.56 Å². The molecule has 0 aromatic heterocycles. The molecular formula is C17H24N2O4. The lowest BCUT2D eigenvalue weighted by atomic mass is 9.84. The zero-order valence-electron chi connectivity index (χ0n) is 14.0. The van der Waals surface area contributed by atoms with E-state index in [1.54, 1.807) is 24.7 Å². The highest BCUT2D eigenvalue weighted by Crippen LogP contribution is 2.33. The molecule has 0 saturated heterocycles. The summed E-state index contributed by atoms with van der Waals surface area (Å²) in [6, 6.07) is 5.12. The van der Waals surface area contributed by atoms with Gasteiger partial charge in [0, 0.05) is 18.1 Å². The molecule has 3 N–H and O–H groups in total. The summed E-state index contributed by atoms with van der Waals surface area (Å²) in [7, 11) is 1.62. The van der Waals surface area contributed by atoms with Gasteiger partial charge in [-0.1, -0.05) is 26.8 Å². The molecule has 1 aliphatic carbocycles. The lowest BCUT2D eigenvalue weighted by molar-refractivity contribution is -0.130. The van der Waals surface area contributed by atoms with Crippen LogP contribution in [0.1, 0.15) is 54.8 Å². The third-order valence-electron chi connectivity index (χ3n) is 4.15. The molecule has 0 spiro atoms. The molecule has 126 valence electrons. The Morgan fingerprint density at radius 3 is 2.57 bits per heavy atom. The van der Waals surface area contributed by atoms with Crippen LogP contribution in [0.5, 0.6) is 0 Å². The Labute approximate surface area is 136 Å². The van der Waals surface area contributed by atoms with Gasteiger partial charge in [-0.05, 0) is 36.1 Å². The summed E-state index contributed by atoms with van der Waals surface area (Å²) in [6.07, 6.45) is 1.21. The number of amides is 2. The Hall–Kier alpha value is -1.92. The highest BCUT2D eigenvalue weighted by atomic mass is 16.5. The quantitative estimate of drug-likeness (QED) is 0.587.